The Morgan fingerprint density at radius 2 is 1.59 bits per heavy atom. The summed E-state index contributed by atoms with van der Waals surface area (Å²) in [7, 11) is 0. The van der Waals surface area contributed by atoms with Crippen LogP contribution in [-0.2, 0) is 0 Å². The third-order valence-electron chi connectivity index (χ3n) is 7.37. The molecule has 2 saturated carbocycles. The molecule has 0 heterocycles. The summed E-state index contributed by atoms with van der Waals surface area (Å²) in [5.41, 5.74) is 0.508. The zero-order chi connectivity index (χ0) is 20.8. The summed E-state index contributed by atoms with van der Waals surface area (Å²) in [4.78, 5) is 0. The summed E-state index contributed by atoms with van der Waals surface area (Å²) in [6, 6.07) is 3.26. The molecule has 1 aromatic carbocycles. The molecule has 0 bridgehead atoms. The van der Waals surface area contributed by atoms with Crippen molar-refractivity contribution in [3.8, 4) is 18.1 Å². The highest BCUT2D eigenvalue weighted by molar-refractivity contribution is 5.34. The predicted molar refractivity (Wildman–Crippen MR) is 115 cm³/mol. The molecule has 2 aliphatic carbocycles. The summed E-state index contributed by atoms with van der Waals surface area (Å²) in [5.74, 6) is 3.40. The fourth-order valence-electron chi connectivity index (χ4n) is 5.60. The van der Waals surface area contributed by atoms with Gasteiger partial charge in [0.05, 0.1) is 0 Å². The van der Waals surface area contributed by atoms with E-state index < -0.39 is 17.7 Å². The maximum absolute atomic E-state index is 14.8. The van der Waals surface area contributed by atoms with Gasteiger partial charge in [-0.3, -0.25) is 0 Å². The molecular formula is C26H36F2O. The fraction of sp³-hybridized carbons (Fsp3) is 0.692. The van der Waals surface area contributed by atoms with Gasteiger partial charge < -0.3 is 4.74 Å². The summed E-state index contributed by atoms with van der Waals surface area (Å²) >= 11 is 0. The first kappa shape index (κ1) is 22.1. The van der Waals surface area contributed by atoms with Gasteiger partial charge in [-0.2, -0.15) is 4.39 Å². The second kappa shape index (κ2) is 10.5. The standard InChI is InChI=1S/C26H36F2O/c1-4-7-18-8-10-19(11-9-18)20-12-14-21(15-13-20)23-16-17-24(26(28)25(23)27)29-22(5-2)6-3/h2,16-22H,4,6-15H2,1,3H3. The molecule has 1 aromatic rings. The smallest absolute Gasteiger partial charge is 0.200 e. The van der Waals surface area contributed by atoms with Gasteiger partial charge >= 0.3 is 0 Å². The zero-order valence-electron chi connectivity index (χ0n) is 18.1. The van der Waals surface area contributed by atoms with Gasteiger partial charge in [0.15, 0.2) is 17.7 Å². The molecular weight excluding hydrogens is 366 g/mol. The Morgan fingerprint density at radius 3 is 2.14 bits per heavy atom. The van der Waals surface area contributed by atoms with Gasteiger partial charge in [0.2, 0.25) is 5.82 Å². The van der Waals surface area contributed by atoms with Crippen LogP contribution in [0, 0.1) is 41.7 Å². The van der Waals surface area contributed by atoms with Crippen molar-refractivity contribution in [2.45, 2.75) is 96.5 Å². The Kier molecular flexibility index (Phi) is 7.99. The largest absolute Gasteiger partial charge is 0.475 e. The molecule has 0 spiro atoms. The molecule has 2 aliphatic rings. The maximum atomic E-state index is 14.8. The molecule has 0 N–H and O–H groups in total. The van der Waals surface area contributed by atoms with E-state index in [1.807, 2.05) is 6.92 Å². The third kappa shape index (κ3) is 5.33. The van der Waals surface area contributed by atoms with Gasteiger partial charge in [-0.1, -0.05) is 51.5 Å². The third-order valence-corrected chi connectivity index (χ3v) is 7.37. The van der Waals surface area contributed by atoms with E-state index in [1.165, 1.54) is 38.5 Å². The van der Waals surface area contributed by atoms with Crippen LogP contribution < -0.4 is 4.74 Å². The predicted octanol–water partition coefficient (Wildman–Crippen LogP) is 7.64. The van der Waals surface area contributed by atoms with Crippen molar-refractivity contribution < 1.29 is 13.5 Å². The number of benzene rings is 1. The monoisotopic (exact) mass is 402 g/mol. The van der Waals surface area contributed by atoms with Gasteiger partial charge in [-0.15, -0.1) is 6.42 Å². The van der Waals surface area contributed by atoms with Crippen LogP contribution in [0.25, 0.3) is 0 Å². The van der Waals surface area contributed by atoms with Gasteiger partial charge in [0, 0.05) is 0 Å². The molecule has 3 heteroatoms. The van der Waals surface area contributed by atoms with Crippen molar-refractivity contribution in [1.29, 1.82) is 0 Å². The lowest BCUT2D eigenvalue weighted by molar-refractivity contribution is 0.155. The molecule has 0 aliphatic heterocycles. The van der Waals surface area contributed by atoms with E-state index in [1.54, 1.807) is 12.1 Å². The number of ether oxygens (including phenoxy) is 1. The minimum atomic E-state index is -0.896. The molecule has 0 aromatic heterocycles. The first-order valence-corrected chi connectivity index (χ1v) is 11.7. The second-order valence-electron chi connectivity index (χ2n) is 9.14. The van der Waals surface area contributed by atoms with Crippen LogP contribution >= 0.6 is 0 Å². The molecule has 1 atom stereocenters. The number of terminal acetylenes is 1. The highest BCUT2D eigenvalue weighted by Gasteiger charge is 2.32. The van der Waals surface area contributed by atoms with E-state index in [0.29, 0.717) is 12.0 Å². The van der Waals surface area contributed by atoms with Gasteiger partial charge in [-0.25, -0.2) is 4.39 Å². The van der Waals surface area contributed by atoms with Crippen molar-refractivity contribution in [2.75, 3.05) is 0 Å². The van der Waals surface area contributed by atoms with Crippen molar-refractivity contribution in [1.82, 2.24) is 0 Å². The number of halogens is 2. The minimum absolute atomic E-state index is 0.0754. The van der Waals surface area contributed by atoms with Crippen LogP contribution in [-0.4, -0.2) is 6.10 Å². The summed E-state index contributed by atoms with van der Waals surface area (Å²) in [6.07, 6.45) is 17.8. The molecule has 3 rings (SSSR count). The Hall–Kier alpha value is -1.56. The first-order valence-electron chi connectivity index (χ1n) is 11.7. The van der Waals surface area contributed by atoms with Crippen LogP contribution in [0.1, 0.15) is 96.0 Å². The molecule has 160 valence electrons. The average molecular weight is 403 g/mol. The molecule has 0 saturated heterocycles. The Labute approximate surface area is 175 Å². The van der Waals surface area contributed by atoms with Crippen LogP contribution in [0.4, 0.5) is 8.78 Å². The van der Waals surface area contributed by atoms with Crippen molar-refractivity contribution in [2.24, 2.45) is 17.8 Å². The van der Waals surface area contributed by atoms with E-state index in [4.69, 9.17) is 11.2 Å². The minimum Gasteiger partial charge on any atom is -0.475 e. The average Bonchev–Trinajstić information content (AvgIpc) is 2.76. The van der Waals surface area contributed by atoms with Crippen molar-refractivity contribution in [3.05, 3.63) is 29.3 Å². The maximum Gasteiger partial charge on any atom is 0.200 e. The van der Waals surface area contributed by atoms with Crippen LogP contribution in [0.5, 0.6) is 5.75 Å². The quantitative estimate of drug-likeness (QED) is 0.426. The molecule has 1 nitrogen and oxygen atoms in total. The van der Waals surface area contributed by atoms with Gasteiger partial charge in [0.25, 0.3) is 0 Å². The Balaban J connectivity index is 1.57. The number of hydrogen-bond donors (Lipinski definition) is 0. The van der Waals surface area contributed by atoms with E-state index in [9.17, 15) is 8.78 Å². The second-order valence-corrected chi connectivity index (χ2v) is 9.14. The van der Waals surface area contributed by atoms with Gasteiger partial charge in [0.1, 0.15) is 0 Å². The summed E-state index contributed by atoms with van der Waals surface area (Å²) < 4.78 is 34.8. The summed E-state index contributed by atoms with van der Waals surface area (Å²) in [6.45, 7) is 4.15. The lowest BCUT2D eigenvalue weighted by Crippen LogP contribution is -2.25. The molecule has 2 fully saturated rings. The summed E-state index contributed by atoms with van der Waals surface area (Å²) in [5, 5.41) is 0. The zero-order valence-corrected chi connectivity index (χ0v) is 18.1. The van der Waals surface area contributed by atoms with Crippen LogP contribution in [0.3, 0.4) is 0 Å². The number of rotatable bonds is 7. The van der Waals surface area contributed by atoms with E-state index in [0.717, 1.165) is 43.4 Å². The van der Waals surface area contributed by atoms with Crippen molar-refractivity contribution in [3.63, 3.8) is 0 Å². The van der Waals surface area contributed by atoms with Gasteiger partial charge in [-0.05, 0) is 80.2 Å². The van der Waals surface area contributed by atoms with E-state index >= 15 is 0 Å². The number of hydrogen-bond acceptors (Lipinski definition) is 1. The Bertz CT molecular complexity index is 691. The van der Waals surface area contributed by atoms with Crippen LogP contribution in [0.15, 0.2) is 12.1 Å². The van der Waals surface area contributed by atoms with E-state index in [2.05, 4.69) is 12.8 Å². The van der Waals surface area contributed by atoms with Crippen LogP contribution in [0.2, 0.25) is 0 Å². The normalized spacial score (nSPS) is 28.5. The molecule has 1 unspecified atom stereocenters. The fourth-order valence-corrected chi connectivity index (χ4v) is 5.60. The molecule has 29 heavy (non-hydrogen) atoms. The molecule has 0 radical (unpaired) electrons. The highest BCUT2D eigenvalue weighted by Crippen LogP contribution is 2.45. The highest BCUT2D eigenvalue weighted by atomic mass is 19.2. The molecule has 0 amide bonds. The van der Waals surface area contributed by atoms with Crippen molar-refractivity contribution >= 4 is 0 Å². The lowest BCUT2D eigenvalue weighted by Gasteiger charge is -2.38. The topological polar surface area (TPSA) is 9.23 Å². The van der Waals surface area contributed by atoms with E-state index in [-0.39, 0.29) is 11.7 Å². The lowest BCUT2D eigenvalue weighted by atomic mass is 9.68. The SMILES string of the molecule is C#CC(CC)Oc1ccc(C2CCC(C3CCC(CCC)CC3)CC2)c(F)c1F. The first-order chi connectivity index (χ1) is 14.1. The Morgan fingerprint density at radius 1 is 0.966 bits per heavy atom.